The first kappa shape index (κ1) is 10.6. The van der Waals surface area contributed by atoms with Crippen molar-refractivity contribution in [3.8, 4) is 17.9 Å². The molecule has 70 valence electrons. The Hall–Kier alpha value is -1.44. The summed E-state index contributed by atoms with van der Waals surface area (Å²) in [4.78, 5) is 0. The first-order chi connectivity index (χ1) is 6.53. The normalized spacial score (nSPS) is 9.86. The SMILES string of the molecule is CC(C)(C#N)C#Cc1ccc(Cl)cc1. The molecule has 14 heavy (non-hydrogen) atoms. The summed E-state index contributed by atoms with van der Waals surface area (Å²) in [5, 5.41) is 9.43. The van der Waals surface area contributed by atoms with Crippen LogP contribution in [0.3, 0.4) is 0 Å². The number of hydrogen-bond acceptors (Lipinski definition) is 1. The highest BCUT2D eigenvalue weighted by Gasteiger charge is 2.10. The van der Waals surface area contributed by atoms with Crippen LogP contribution < -0.4 is 0 Å². The van der Waals surface area contributed by atoms with Crippen molar-refractivity contribution in [2.24, 2.45) is 5.41 Å². The molecule has 0 fully saturated rings. The van der Waals surface area contributed by atoms with Crippen molar-refractivity contribution in [3.05, 3.63) is 34.9 Å². The Balaban J connectivity index is 2.90. The summed E-state index contributed by atoms with van der Waals surface area (Å²) in [7, 11) is 0. The average Bonchev–Trinajstić information content (AvgIpc) is 2.17. The highest BCUT2D eigenvalue weighted by atomic mass is 35.5. The summed E-state index contributed by atoms with van der Waals surface area (Å²) in [6.45, 7) is 3.58. The maximum Gasteiger partial charge on any atom is 0.112 e. The molecule has 0 aliphatic rings. The highest BCUT2D eigenvalue weighted by molar-refractivity contribution is 6.30. The molecule has 0 radical (unpaired) electrons. The number of benzene rings is 1. The number of halogens is 1. The van der Waals surface area contributed by atoms with Crippen LogP contribution in [0.1, 0.15) is 19.4 Å². The van der Waals surface area contributed by atoms with Gasteiger partial charge in [0.05, 0.1) is 6.07 Å². The van der Waals surface area contributed by atoms with Crippen molar-refractivity contribution in [2.75, 3.05) is 0 Å². The summed E-state index contributed by atoms with van der Waals surface area (Å²) < 4.78 is 0. The van der Waals surface area contributed by atoms with Crippen molar-refractivity contribution in [3.63, 3.8) is 0 Å². The van der Waals surface area contributed by atoms with Gasteiger partial charge in [-0.05, 0) is 38.1 Å². The quantitative estimate of drug-likeness (QED) is 0.594. The molecular weight excluding hydrogens is 194 g/mol. The predicted octanol–water partition coefficient (Wildman–Crippen LogP) is 3.24. The van der Waals surface area contributed by atoms with Gasteiger partial charge in [0.2, 0.25) is 0 Å². The van der Waals surface area contributed by atoms with E-state index in [1.807, 2.05) is 12.1 Å². The van der Waals surface area contributed by atoms with E-state index < -0.39 is 5.41 Å². The van der Waals surface area contributed by atoms with E-state index in [1.54, 1.807) is 26.0 Å². The second-order valence-corrected chi connectivity index (χ2v) is 3.93. The number of nitrogens with zero attached hydrogens (tertiary/aromatic N) is 1. The van der Waals surface area contributed by atoms with E-state index in [9.17, 15) is 0 Å². The molecule has 0 spiro atoms. The van der Waals surface area contributed by atoms with Crippen molar-refractivity contribution in [2.45, 2.75) is 13.8 Å². The van der Waals surface area contributed by atoms with E-state index in [2.05, 4.69) is 17.9 Å². The van der Waals surface area contributed by atoms with Gasteiger partial charge in [-0.15, -0.1) is 0 Å². The maximum atomic E-state index is 8.74. The number of rotatable bonds is 0. The molecule has 0 atom stereocenters. The Morgan fingerprint density at radius 3 is 2.29 bits per heavy atom. The molecule has 2 heteroatoms. The molecule has 0 heterocycles. The molecule has 0 bridgehead atoms. The Morgan fingerprint density at radius 2 is 1.79 bits per heavy atom. The van der Waals surface area contributed by atoms with Gasteiger partial charge in [0.25, 0.3) is 0 Å². The minimum absolute atomic E-state index is 0.598. The molecule has 1 rings (SSSR count). The lowest BCUT2D eigenvalue weighted by molar-refractivity contribution is 0.674. The fourth-order valence-electron chi connectivity index (χ4n) is 0.790. The third-order valence-corrected chi connectivity index (χ3v) is 1.90. The lowest BCUT2D eigenvalue weighted by atomic mass is 9.96. The van der Waals surface area contributed by atoms with Gasteiger partial charge in [-0.25, -0.2) is 0 Å². The van der Waals surface area contributed by atoms with Crippen molar-refractivity contribution < 1.29 is 0 Å². The van der Waals surface area contributed by atoms with Crippen molar-refractivity contribution >= 4 is 11.6 Å². The van der Waals surface area contributed by atoms with Crippen molar-refractivity contribution in [1.82, 2.24) is 0 Å². The van der Waals surface area contributed by atoms with Crippen LogP contribution in [-0.4, -0.2) is 0 Å². The molecule has 0 aliphatic heterocycles. The average molecular weight is 204 g/mol. The van der Waals surface area contributed by atoms with Gasteiger partial charge in [0.1, 0.15) is 5.41 Å². The van der Waals surface area contributed by atoms with Crippen molar-refractivity contribution in [1.29, 1.82) is 5.26 Å². The standard InChI is InChI=1S/C12H10ClN/c1-12(2,9-14)8-7-10-3-5-11(13)6-4-10/h3-6H,1-2H3. The molecule has 0 saturated heterocycles. The van der Waals surface area contributed by atoms with Crippen LogP contribution >= 0.6 is 11.6 Å². The zero-order chi connectivity index (χ0) is 10.6. The molecule has 0 aliphatic carbocycles. The Kier molecular flexibility index (Phi) is 3.18. The van der Waals surface area contributed by atoms with E-state index in [4.69, 9.17) is 16.9 Å². The lowest BCUT2D eigenvalue weighted by Gasteiger charge is -2.02. The van der Waals surface area contributed by atoms with Crippen LogP contribution in [0.25, 0.3) is 0 Å². The first-order valence-electron chi connectivity index (χ1n) is 4.23. The number of nitriles is 1. The van der Waals surface area contributed by atoms with Crippen LogP contribution in [0.15, 0.2) is 24.3 Å². The summed E-state index contributed by atoms with van der Waals surface area (Å²) >= 11 is 5.73. The van der Waals surface area contributed by atoms with E-state index in [-0.39, 0.29) is 0 Å². The first-order valence-corrected chi connectivity index (χ1v) is 4.61. The van der Waals surface area contributed by atoms with Crippen LogP contribution in [-0.2, 0) is 0 Å². The van der Waals surface area contributed by atoms with Gasteiger partial charge < -0.3 is 0 Å². The van der Waals surface area contributed by atoms with Crippen LogP contribution in [0.2, 0.25) is 5.02 Å². The molecule has 0 N–H and O–H groups in total. The third-order valence-electron chi connectivity index (χ3n) is 1.64. The summed E-state index contributed by atoms with van der Waals surface area (Å²) in [6.07, 6.45) is 0. The molecular formula is C12H10ClN. The second kappa shape index (κ2) is 4.18. The van der Waals surface area contributed by atoms with Gasteiger partial charge >= 0.3 is 0 Å². The third kappa shape index (κ3) is 3.13. The molecule has 1 aromatic carbocycles. The highest BCUT2D eigenvalue weighted by Crippen LogP contribution is 2.12. The molecule has 0 amide bonds. The smallest absolute Gasteiger partial charge is 0.112 e. The van der Waals surface area contributed by atoms with E-state index >= 15 is 0 Å². The maximum absolute atomic E-state index is 8.74. The van der Waals surface area contributed by atoms with Gasteiger partial charge in [-0.3, -0.25) is 0 Å². The molecule has 0 aromatic heterocycles. The van der Waals surface area contributed by atoms with E-state index in [0.29, 0.717) is 5.02 Å². The summed E-state index contributed by atoms with van der Waals surface area (Å²) in [5.74, 6) is 5.82. The number of hydrogen-bond donors (Lipinski definition) is 0. The van der Waals surface area contributed by atoms with E-state index in [0.717, 1.165) is 5.56 Å². The topological polar surface area (TPSA) is 23.8 Å². The molecule has 1 aromatic rings. The minimum atomic E-state index is -0.598. The van der Waals surface area contributed by atoms with E-state index in [1.165, 1.54) is 0 Å². The molecule has 1 nitrogen and oxygen atoms in total. The van der Waals surface area contributed by atoms with Gasteiger partial charge in [-0.2, -0.15) is 5.26 Å². The van der Waals surface area contributed by atoms with Gasteiger partial charge in [0, 0.05) is 10.6 Å². The Labute approximate surface area is 89.3 Å². The summed E-state index contributed by atoms with van der Waals surface area (Å²) in [6, 6.07) is 9.36. The monoisotopic (exact) mass is 203 g/mol. The molecule has 0 saturated carbocycles. The van der Waals surface area contributed by atoms with Crippen LogP contribution in [0, 0.1) is 28.6 Å². The lowest BCUT2D eigenvalue weighted by Crippen LogP contribution is -2.02. The predicted molar refractivity (Wildman–Crippen MR) is 57.7 cm³/mol. The largest absolute Gasteiger partial charge is 0.197 e. The zero-order valence-electron chi connectivity index (χ0n) is 8.13. The fourth-order valence-corrected chi connectivity index (χ4v) is 0.916. The summed E-state index contributed by atoms with van der Waals surface area (Å²) in [5.41, 5.74) is 0.275. The van der Waals surface area contributed by atoms with Gasteiger partial charge in [0.15, 0.2) is 0 Å². The fraction of sp³-hybridized carbons (Fsp3) is 0.250. The second-order valence-electron chi connectivity index (χ2n) is 3.49. The van der Waals surface area contributed by atoms with Gasteiger partial charge in [-0.1, -0.05) is 23.4 Å². The Bertz CT molecular complexity index is 412. The van der Waals surface area contributed by atoms with Crippen LogP contribution in [0.4, 0.5) is 0 Å². The molecule has 0 unspecified atom stereocenters. The Morgan fingerprint density at radius 1 is 1.21 bits per heavy atom. The van der Waals surface area contributed by atoms with Crippen LogP contribution in [0.5, 0.6) is 0 Å². The zero-order valence-corrected chi connectivity index (χ0v) is 8.89. The minimum Gasteiger partial charge on any atom is -0.197 e.